The molecule has 1 unspecified atom stereocenters. The van der Waals surface area contributed by atoms with E-state index < -0.39 is 0 Å². The van der Waals surface area contributed by atoms with E-state index in [1.54, 1.807) is 12.1 Å². The highest BCUT2D eigenvalue weighted by Crippen LogP contribution is 2.14. The van der Waals surface area contributed by atoms with E-state index in [0.29, 0.717) is 6.54 Å². The zero-order chi connectivity index (χ0) is 9.14. The van der Waals surface area contributed by atoms with Gasteiger partial charge in [-0.05, 0) is 6.42 Å². The zero-order valence-corrected chi connectivity index (χ0v) is 7.41. The average molecular weight is 169 g/mol. The number of hydrogen-bond acceptors (Lipinski definition) is 3. The summed E-state index contributed by atoms with van der Waals surface area (Å²) in [5.74, 6) is -0.0200. The molecule has 0 aromatic carbocycles. The lowest BCUT2D eigenvalue weighted by Crippen LogP contribution is -2.41. The molecule has 0 bridgehead atoms. The van der Waals surface area contributed by atoms with Gasteiger partial charge in [-0.15, -0.1) is 0 Å². The maximum Gasteiger partial charge on any atom is 0.233 e. The first-order valence-electron chi connectivity index (χ1n) is 4.02. The number of amides is 1. The molecule has 12 heavy (non-hydrogen) atoms. The van der Waals surface area contributed by atoms with Gasteiger partial charge in [-0.2, -0.15) is 0 Å². The van der Waals surface area contributed by atoms with Crippen LogP contribution in [0.15, 0.2) is 0 Å². The fraction of sp³-hybridized carbons (Fsp3) is 0.750. The molecule has 67 valence electrons. The molecule has 0 aromatic heterocycles. The molecule has 1 fully saturated rings. The van der Waals surface area contributed by atoms with Crippen LogP contribution in [0.5, 0.6) is 0 Å². The molecule has 1 amide bonds. The summed E-state index contributed by atoms with van der Waals surface area (Å²) in [7, 11) is 1.72. The van der Waals surface area contributed by atoms with Crippen LogP contribution in [0, 0.1) is 5.92 Å². The van der Waals surface area contributed by atoms with Gasteiger partial charge >= 0.3 is 0 Å². The molecule has 0 aromatic rings. The van der Waals surface area contributed by atoms with Gasteiger partial charge in [0.05, 0.1) is 0 Å². The fourth-order valence-electron chi connectivity index (χ4n) is 1.31. The van der Waals surface area contributed by atoms with E-state index in [4.69, 9.17) is 0 Å². The van der Waals surface area contributed by atoms with Gasteiger partial charge in [-0.3, -0.25) is 14.6 Å². The first-order chi connectivity index (χ1) is 5.65. The summed E-state index contributed by atoms with van der Waals surface area (Å²) < 4.78 is 0. The molecule has 1 atom stereocenters. The minimum absolute atomic E-state index is 0.00143. The third-order valence-corrected chi connectivity index (χ3v) is 2.21. The van der Waals surface area contributed by atoms with Crippen LogP contribution in [-0.4, -0.2) is 42.3 Å². The van der Waals surface area contributed by atoms with Crippen LogP contribution < -0.4 is 0 Å². The Morgan fingerprint density at radius 3 is 2.75 bits per heavy atom. The Bertz CT molecular complexity index is 193. The lowest BCUT2D eigenvalue weighted by Gasteiger charge is -2.26. The third-order valence-electron chi connectivity index (χ3n) is 2.21. The van der Waals surface area contributed by atoms with Crippen molar-refractivity contribution in [2.75, 3.05) is 20.1 Å². The van der Waals surface area contributed by atoms with Crippen LogP contribution in [-0.2, 0) is 9.59 Å². The van der Waals surface area contributed by atoms with Gasteiger partial charge in [-0.1, -0.05) is 0 Å². The van der Waals surface area contributed by atoms with Crippen molar-refractivity contribution in [1.29, 1.82) is 0 Å². The normalized spacial score (nSPS) is 24.0. The second-order valence-electron chi connectivity index (χ2n) is 3.06. The highest BCUT2D eigenvalue weighted by molar-refractivity contribution is 5.72. The minimum atomic E-state index is -0.0215. The summed E-state index contributed by atoms with van der Waals surface area (Å²) >= 11 is 0. The molecule has 1 radical (unpaired) electrons. The highest BCUT2D eigenvalue weighted by Gasteiger charge is 2.26. The summed E-state index contributed by atoms with van der Waals surface area (Å²) in [6.45, 7) is 2.91. The molecule has 1 aliphatic heterocycles. The second kappa shape index (κ2) is 3.67. The van der Waals surface area contributed by atoms with E-state index in [1.807, 2.05) is 11.3 Å². The Hall–Kier alpha value is -0.900. The molecule has 0 aliphatic carbocycles. The van der Waals surface area contributed by atoms with Gasteiger partial charge in [0.25, 0.3) is 0 Å². The van der Waals surface area contributed by atoms with Crippen LogP contribution in [0.25, 0.3) is 0 Å². The molecule has 4 heteroatoms. The Kier molecular flexibility index (Phi) is 2.81. The second-order valence-corrected chi connectivity index (χ2v) is 3.06. The van der Waals surface area contributed by atoms with Crippen molar-refractivity contribution in [3.05, 3.63) is 0 Å². The predicted molar refractivity (Wildman–Crippen MR) is 43.8 cm³/mol. The minimum Gasteiger partial charge on any atom is -0.291 e. The number of nitrogens with zero attached hydrogens (tertiary/aromatic N) is 2. The molecule has 1 heterocycles. The first kappa shape index (κ1) is 9.19. The Morgan fingerprint density at radius 2 is 2.33 bits per heavy atom. The molecule has 1 aliphatic rings. The number of hydrazine groups is 1. The fourth-order valence-corrected chi connectivity index (χ4v) is 1.31. The number of carbonyl (C=O) groups excluding carboxylic acids is 2. The topological polar surface area (TPSA) is 40.6 Å². The van der Waals surface area contributed by atoms with E-state index in [-0.39, 0.29) is 11.8 Å². The van der Waals surface area contributed by atoms with Crippen LogP contribution >= 0.6 is 0 Å². The Labute approximate surface area is 72.1 Å². The third kappa shape index (κ3) is 1.82. The summed E-state index contributed by atoms with van der Waals surface area (Å²) in [6, 6.07) is 0. The van der Waals surface area contributed by atoms with Gasteiger partial charge in [-0.25, -0.2) is 5.01 Å². The predicted octanol–water partition coefficient (Wildman–Crippen LogP) is -0.189. The number of carbonyl (C=O) groups is 1. The van der Waals surface area contributed by atoms with Gasteiger partial charge in [0.15, 0.2) is 0 Å². The Morgan fingerprint density at radius 1 is 1.67 bits per heavy atom. The molecule has 0 N–H and O–H groups in total. The van der Waals surface area contributed by atoms with E-state index in [1.165, 1.54) is 6.92 Å². The summed E-state index contributed by atoms with van der Waals surface area (Å²) in [5.41, 5.74) is 0. The van der Waals surface area contributed by atoms with Crippen molar-refractivity contribution in [3.63, 3.8) is 0 Å². The van der Waals surface area contributed by atoms with Crippen LogP contribution in [0.1, 0.15) is 13.3 Å². The molecule has 4 nitrogen and oxygen atoms in total. The summed E-state index contributed by atoms with van der Waals surface area (Å²) in [4.78, 5) is 21.2. The lowest BCUT2D eigenvalue weighted by atomic mass is 10.1. The van der Waals surface area contributed by atoms with Gasteiger partial charge in [0, 0.05) is 33.0 Å². The Balaban J connectivity index is 2.46. The lowest BCUT2D eigenvalue weighted by molar-refractivity contribution is -0.141. The quantitative estimate of drug-likeness (QED) is 0.575. The molecule has 1 rings (SSSR count). The molecule has 1 saturated heterocycles. The standard InChI is InChI=1S/C8H13N2O2/c1-7(12)9(2)10-4-3-8(5-10)6-11/h8H,3-5H2,1-2H3. The van der Waals surface area contributed by atoms with Gasteiger partial charge in [0.1, 0.15) is 0 Å². The van der Waals surface area contributed by atoms with Crippen LogP contribution in [0.2, 0.25) is 0 Å². The van der Waals surface area contributed by atoms with Crippen molar-refractivity contribution in [1.82, 2.24) is 10.0 Å². The molecular weight excluding hydrogens is 156 g/mol. The molecular formula is C8H13N2O2. The van der Waals surface area contributed by atoms with Crippen molar-refractivity contribution < 1.29 is 9.59 Å². The molecule has 0 spiro atoms. The van der Waals surface area contributed by atoms with Crippen molar-refractivity contribution in [2.24, 2.45) is 5.92 Å². The smallest absolute Gasteiger partial charge is 0.233 e. The van der Waals surface area contributed by atoms with Crippen molar-refractivity contribution in [2.45, 2.75) is 13.3 Å². The highest BCUT2D eigenvalue weighted by atomic mass is 16.2. The van der Waals surface area contributed by atoms with E-state index in [0.717, 1.165) is 13.0 Å². The summed E-state index contributed by atoms with van der Waals surface area (Å²) in [5, 5.41) is 3.43. The van der Waals surface area contributed by atoms with Crippen molar-refractivity contribution >= 4 is 12.2 Å². The van der Waals surface area contributed by atoms with Crippen LogP contribution in [0.3, 0.4) is 0 Å². The number of hydrogen-bond donors (Lipinski definition) is 0. The maximum atomic E-state index is 10.9. The SMILES string of the molecule is CC(=O)N(C)N1CCC([C]=O)C1. The van der Waals surface area contributed by atoms with E-state index >= 15 is 0 Å². The van der Waals surface area contributed by atoms with E-state index in [2.05, 4.69) is 0 Å². The van der Waals surface area contributed by atoms with Crippen LogP contribution in [0.4, 0.5) is 0 Å². The maximum absolute atomic E-state index is 10.9. The average Bonchev–Trinajstić information content (AvgIpc) is 2.50. The van der Waals surface area contributed by atoms with Gasteiger partial charge < -0.3 is 0 Å². The monoisotopic (exact) mass is 169 g/mol. The first-order valence-corrected chi connectivity index (χ1v) is 4.02. The van der Waals surface area contributed by atoms with Crippen molar-refractivity contribution in [3.8, 4) is 0 Å². The largest absolute Gasteiger partial charge is 0.291 e. The number of rotatable bonds is 2. The zero-order valence-electron chi connectivity index (χ0n) is 7.41. The van der Waals surface area contributed by atoms with E-state index in [9.17, 15) is 9.59 Å². The summed E-state index contributed by atoms with van der Waals surface area (Å²) in [6.07, 6.45) is 2.76. The van der Waals surface area contributed by atoms with Gasteiger partial charge in [0.2, 0.25) is 12.2 Å². The molecule has 0 saturated carbocycles.